The number of fused-ring (bicyclic) bond motifs is 1. The zero-order chi connectivity index (χ0) is 11.0. The predicted octanol–water partition coefficient (Wildman–Crippen LogP) is 2.94. The summed E-state index contributed by atoms with van der Waals surface area (Å²) in [4.78, 5) is 0. The van der Waals surface area contributed by atoms with E-state index in [1.165, 1.54) is 0 Å². The van der Waals surface area contributed by atoms with E-state index in [-0.39, 0.29) is 0 Å². The molecule has 2 aromatic rings. The quantitative estimate of drug-likeness (QED) is 0.738. The normalized spacial score (nSPS) is 11.2. The zero-order valence-electron chi connectivity index (χ0n) is 8.87. The van der Waals surface area contributed by atoms with Gasteiger partial charge in [0, 0.05) is 17.2 Å². The van der Waals surface area contributed by atoms with E-state index in [0.717, 1.165) is 21.6 Å². The van der Waals surface area contributed by atoms with Crippen LogP contribution in [-0.2, 0) is 0 Å². The van der Waals surface area contributed by atoms with Gasteiger partial charge in [0.1, 0.15) is 0 Å². The third-order valence-corrected chi connectivity index (χ3v) is 2.76. The second-order valence-corrected chi connectivity index (χ2v) is 4.37. The number of rotatable bonds is 1. The fourth-order valence-electron chi connectivity index (χ4n) is 1.74. The van der Waals surface area contributed by atoms with Crippen molar-refractivity contribution >= 4 is 28.2 Å². The summed E-state index contributed by atoms with van der Waals surface area (Å²) in [6, 6.07) is 8.10. The highest BCUT2D eigenvalue weighted by Crippen LogP contribution is 2.22. The molecule has 2 rings (SSSR count). The highest BCUT2D eigenvalue weighted by molar-refractivity contribution is 6.31. The van der Waals surface area contributed by atoms with Gasteiger partial charge in [0.2, 0.25) is 5.52 Å². The van der Waals surface area contributed by atoms with E-state index in [9.17, 15) is 0 Å². The largest absolute Gasteiger partial charge is 0.398 e. The summed E-state index contributed by atoms with van der Waals surface area (Å²) >= 11 is 5.99. The van der Waals surface area contributed by atoms with Crippen molar-refractivity contribution < 1.29 is 4.57 Å². The molecule has 1 aromatic carbocycles. The summed E-state index contributed by atoms with van der Waals surface area (Å²) in [5.41, 5.74) is 7.79. The molecule has 78 valence electrons. The maximum absolute atomic E-state index is 5.99. The van der Waals surface area contributed by atoms with Crippen LogP contribution in [0.1, 0.15) is 19.9 Å². The average Bonchev–Trinajstić information content (AvgIpc) is 2.17. The molecule has 15 heavy (non-hydrogen) atoms. The number of benzene rings is 1. The van der Waals surface area contributed by atoms with Crippen molar-refractivity contribution in [1.29, 1.82) is 0 Å². The summed E-state index contributed by atoms with van der Waals surface area (Å²) in [5.74, 6) is 0. The lowest BCUT2D eigenvalue weighted by Crippen LogP contribution is -2.36. The Labute approximate surface area is 94.3 Å². The van der Waals surface area contributed by atoms with E-state index in [1.54, 1.807) is 0 Å². The summed E-state index contributed by atoms with van der Waals surface area (Å²) < 4.78 is 2.16. The first-order valence-corrected chi connectivity index (χ1v) is 5.36. The van der Waals surface area contributed by atoms with Crippen molar-refractivity contribution in [2.45, 2.75) is 19.9 Å². The highest BCUT2D eigenvalue weighted by atomic mass is 35.5. The van der Waals surface area contributed by atoms with Gasteiger partial charge in [-0.3, -0.25) is 0 Å². The standard InChI is InChI=1S/C12H13ClN2/c1-8(2)15-6-5-11(14)10-4-3-9(13)7-12(10)15/h3-8,14H,1-2H3/p+1. The molecule has 0 bridgehead atoms. The van der Waals surface area contributed by atoms with E-state index >= 15 is 0 Å². The molecule has 0 aliphatic rings. The van der Waals surface area contributed by atoms with E-state index in [1.807, 2.05) is 30.5 Å². The van der Waals surface area contributed by atoms with Gasteiger partial charge in [-0.2, -0.15) is 4.57 Å². The van der Waals surface area contributed by atoms with Gasteiger partial charge in [0.05, 0.1) is 11.1 Å². The fraction of sp³-hybridized carbons (Fsp3) is 0.250. The smallest absolute Gasteiger partial charge is 0.216 e. The maximum Gasteiger partial charge on any atom is 0.216 e. The van der Waals surface area contributed by atoms with Gasteiger partial charge in [-0.25, -0.2) is 0 Å². The van der Waals surface area contributed by atoms with Crippen LogP contribution >= 0.6 is 11.6 Å². The van der Waals surface area contributed by atoms with Crippen LogP contribution in [-0.4, -0.2) is 0 Å². The number of nitrogens with two attached hydrogens (primary N) is 1. The van der Waals surface area contributed by atoms with Gasteiger partial charge in [-0.05, 0) is 26.0 Å². The van der Waals surface area contributed by atoms with Crippen LogP contribution in [0.5, 0.6) is 0 Å². The molecule has 2 N–H and O–H groups in total. The van der Waals surface area contributed by atoms with Crippen LogP contribution < -0.4 is 10.3 Å². The summed E-state index contributed by atoms with van der Waals surface area (Å²) in [7, 11) is 0. The summed E-state index contributed by atoms with van der Waals surface area (Å²) in [6.45, 7) is 4.27. The maximum atomic E-state index is 5.99. The number of hydrogen-bond acceptors (Lipinski definition) is 1. The first-order valence-electron chi connectivity index (χ1n) is 4.98. The molecule has 0 radical (unpaired) electrons. The van der Waals surface area contributed by atoms with Crippen molar-refractivity contribution in [2.24, 2.45) is 0 Å². The molecule has 1 heterocycles. The number of pyridine rings is 1. The van der Waals surface area contributed by atoms with Gasteiger partial charge < -0.3 is 5.73 Å². The molecule has 0 aliphatic carbocycles. The SMILES string of the molecule is CC(C)[n+]1ccc(N)c2ccc(Cl)cc21. The number of anilines is 1. The Morgan fingerprint density at radius 1 is 1.27 bits per heavy atom. The first-order chi connectivity index (χ1) is 7.09. The third kappa shape index (κ3) is 1.77. The Morgan fingerprint density at radius 3 is 2.67 bits per heavy atom. The average molecular weight is 222 g/mol. The van der Waals surface area contributed by atoms with Crippen LogP contribution in [0.3, 0.4) is 0 Å². The van der Waals surface area contributed by atoms with Gasteiger partial charge in [0.15, 0.2) is 12.2 Å². The molecule has 1 aromatic heterocycles. The van der Waals surface area contributed by atoms with Gasteiger partial charge >= 0.3 is 0 Å². The zero-order valence-corrected chi connectivity index (χ0v) is 9.62. The lowest BCUT2D eigenvalue weighted by molar-refractivity contribution is -0.691. The first kappa shape index (κ1) is 10.2. The van der Waals surface area contributed by atoms with Crippen molar-refractivity contribution in [1.82, 2.24) is 0 Å². The molecular formula is C12H14ClN2+. The fourth-order valence-corrected chi connectivity index (χ4v) is 1.91. The van der Waals surface area contributed by atoms with E-state index < -0.39 is 0 Å². The molecule has 0 atom stereocenters. The van der Waals surface area contributed by atoms with Crippen molar-refractivity contribution in [3.8, 4) is 0 Å². The van der Waals surface area contributed by atoms with Crippen molar-refractivity contribution in [3.05, 3.63) is 35.5 Å². The molecule has 0 unspecified atom stereocenters. The molecular weight excluding hydrogens is 208 g/mol. The minimum atomic E-state index is 0.395. The van der Waals surface area contributed by atoms with E-state index in [0.29, 0.717) is 6.04 Å². The molecule has 0 amide bonds. The Bertz CT molecular complexity index is 506. The second kappa shape index (κ2) is 3.70. The summed E-state index contributed by atoms with van der Waals surface area (Å²) in [5, 5.41) is 1.79. The monoisotopic (exact) mass is 221 g/mol. The molecule has 0 saturated carbocycles. The van der Waals surface area contributed by atoms with Crippen molar-refractivity contribution in [2.75, 3.05) is 5.73 Å². The molecule has 0 saturated heterocycles. The number of halogens is 1. The second-order valence-electron chi connectivity index (χ2n) is 3.93. The molecule has 0 spiro atoms. The Hall–Kier alpha value is -1.28. The Morgan fingerprint density at radius 2 is 2.00 bits per heavy atom. The van der Waals surface area contributed by atoms with Gasteiger partial charge in [-0.1, -0.05) is 11.6 Å². The lowest BCUT2D eigenvalue weighted by atomic mass is 10.1. The topological polar surface area (TPSA) is 29.9 Å². The minimum absolute atomic E-state index is 0.395. The Balaban J connectivity index is 2.84. The Kier molecular flexibility index (Phi) is 2.53. The van der Waals surface area contributed by atoms with Crippen LogP contribution in [0.25, 0.3) is 10.9 Å². The van der Waals surface area contributed by atoms with Gasteiger partial charge in [0.25, 0.3) is 0 Å². The number of nitrogens with zero attached hydrogens (tertiary/aromatic N) is 1. The lowest BCUT2D eigenvalue weighted by Gasteiger charge is -2.06. The third-order valence-electron chi connectivity index (χ3n) is 2.52. The predicted molar refractivity (Wildman–Crippen MR) is 64.0 cm³/mol. The molecule has 2 nitrogen and oxygen atoms in total. The number of nitrogen functional groups attached to an aromatic ring is 1. The van der Waals surface area contributed by atoms with Crippen LogP contribution in [0.4, 0.5) is 5.69 Å². The minimum Gasteiger partial charge on any atom is -0.398 e. The summed E-state index contributed by atoms with van der Waals surface area (Å²) in [6.07, 6.45) is 2.00. The van der Waals surface area contributed by atoms with Gasteiger partial charge in [-0.15, -0.1) is 0 Å². The number of aromatic nitrogens is 1. The molecule has 3 heteroatoms. The van der Waals surface area contributed by atoms with Crippen LogP contribution in [0.2, 0.25) is 5.02 Å². The number of hydrogen-bond donors (Lipinski definition) is 1. The molecule has 0 aliphatic heterocycles. The van der Waals surface area contributed by atoms with E-state index in [2.05, 4.69) is 18.4 Å². The van der Waals surface area contributed by atoms with Crippen LogP contribution in [0.15, 0.2) is 30.5 Å². The van der Waals surface area contributed by atoms with E-state index in [4.69, 9.17) is 17.3 Å². The van der Waals surface area contributed by atoms with Crippen LogP contribution in [0, 0.1) is 0 Å². The highest BCUT2D eigenvalue weighted by Gasteiger charge is 2.14. The van der Waals surface area contributed by atoms with Crippen molar-refractivity contribution in [3.63, 3.8) is 0 Å². The molecule has 0 fully saturated rings.